The van der Waals surface area contributed by atoms with Crippen molar-refractivity contribution >= 4 is 11.6 Å². The maximum Gasteiger partial charge on any atom is 0.0860 e. The van der Waals surface area contributed by atoms with Gasteiger partial charge in [0, 0.05) is 13.6 Å². The van der Waals surface area contributed by atoms with E-state index in [9.17, 15) is 0 Å². The minimum absolute atomic E-state index is 0.802. The summed E-state index contributed by atoms with van der Waals surface area (Å²) in [6.45, 7) is 3.85. The molecule has 0 aliphatic heterocycles. The maximum absolute atomic E-state index is 6.14. The number of hydrogen-bond donors (Lipinski definition) is 1. The zero-order valence-electron chi connectivity index (χ0n) is 9.39. The summed E-state index contributed by atoms with van der Waals surface area (Å²) in [4.78, 5) is 0. The Kier molecular flexibility index (Phi) is 3.32. The van der Waals surface area contributed by atoms with E-state index in [0.29, 0.717) is 0 Å². The van der Waals surface area contributed by atoms with Gasteiger partial charge in [-0.25, -0.2) is 0 Å². The van der Waals surface area contributed by atoms with Crippen LogP contribution in [0.15, 0.2) is 0 Å². The normalized spacial score (nSPS) is 15.9. The fourth-order valence-corrected chi connectivity index (χ4v) is 2.02. The van der Waals surface area contributed by atoms with E-state index < -0.39 is 0 Å². The van der Waals surface area contributed by atoms with Crippen LogP contribution in [0, 0.1) is 12.8 Å². The van der Waals surface area contributed by atoms with Gasteiger partial charge < -0.3 is 5.32 Å². The van der Waals surface area contributed by atoms with Crippen molar-refractivity contribution in [1.29, 1.82) is 0 Å². The van der Waals surface area contributed by atoms with Crippen molar-refractivity contribution in [2.24, 2.45) is 13.0 Å². The molecule has 0 saturated heterocycles. The highest BCUT2D eigenvalue weighted by molar-refractivity contribution is 6.31. The van der Waals surface area contributed by atoms with E-state index in [4.69, 9.17) is 11.6 Å². The second-order valence-electron chi connectivity index (χ2n) is 4.38. The SMILES string of the molecule is Cc1nn(C)c(CNCCC2CC2)c1Cl. The topological polar surface area (TPSA) is 29.9 Å². The van der Waals surface area contributed by atoms with Crippen LogP contribution in [0.5, 0.6) is 0 Å². The van der Waals surface area contributed by atoms with Gasteiger partial charge in [-0.05, 0) is 25.8 Å². The Morgan fingerprint density at radius 1 is 1.53 bits per heavy atom. The van der Waals surface area contributed by atoms with Gasteiger partial charge >= 0.3 is 0 Å². The van der Waals surface area contributed by atoms with E-state index in [1.807, 2.05) is 18.7 Å². The van der Waals surface area contributed by atoms with E-state index in [2.05, 4.69) is 10.4 Å². The molecule has 0 amide bonds. The highest BCUT2D eigenvalue weighted by Crippen LogP contribution is 2.31. The van der Waals surface area contributed by atoms with Crippen molar-refractivity contribution in [3.63, 3.8) is 0 Å². The standard InChI is InChI=1S/C11H18ClN3/c1-8-11(12)10(15(2)14-8)7-13-6-5-9-3-4-9/h9,13H,3-7H2,1-2H3. The number of hydrogen-bond acceptors (Lipinski definition) is 2. The first kappa shape index (κ1) is 11.0. The molecular formula is C11H18ClN3. The van der Waals surface area contributed by atoms with Gasteiger partial charge in [-0.3, -0.25) is 4.68 Å². The molecule has 4 heteroatoms. The molecule has 0 bridgehead atoms. The first-order chi connectivity index (χ1) is 7.18. The summed E-state index contributed by atoms with van der Waals surface area (Å²) < 4.78 is 1.86. The Hall–Kier alpha value is -0.540. The van der Waals surface area contributed by atoms with E-state index in [-0.39, 0.29) is 0 Å². The van der Waals surface area contributed by atoms with Gasteiger partial charge in [0.05, 0.1) is 16.4 Å². The number of nitrogens with zero attached hydrogens (tertiary/aromatic N) is 2. The molecule has 1 aliphatic rings. The first-order valence-electron chi connectivity index (χ1n) is 5.57. The summed E-state index contributed by atoms with van der Waals surface area (Å²) in [6.07, 6.45) is 4.15. The van der Waals surface area contributed by atoms with Crippen LogP contribution >= 0.6 is 11.6 Å². The summed E-state index contributed by atoms with van der Waals surface area (Å²) in [6, 6.07) is 0. The zero-order chi connectivity index (χ0) is 10.8. The predicted molar refractivity (Wildman–Crippen MR) is 62.0 cm³/mol. The number of halogens is 1. The molecule has 1 aromatic heterocycles. The predicted octanol–water partition coefficient (Wildman–Crippen LogP) is 2.27. The third-order valence-corrected chi connectivity index (χ3v) is 3.47. The first-order valence-corrected chi connectivity index (χ1v) is 5.95. The smallest absolute Gasteiger partial charge is 0.0860 e. The Morgan fingerprint density at radius 2 is 2.27 bits per heavy atom. The Morgan fingerprint density at radius 3 is 2.80 bits per heavy atom. The van der Waals surface area contributed by atoms with Crippen LogP contribution in [0.2, 0.25) is 5.02 Å². The van der Waals surface area contributed by atoms with E-state index in [0.717, 1.165) is 35.4 Å². The van der Waals surface area contributed by atoms with Crippen LogP contribution in [0.3, 0.4) is 0 Å². The number of aryl methyl sites for hydroxylation is 2. The van der Waals surface area contributed by atoms with Gasteiger partial charge in [0.25, 0.3) is 0 Å². The van der Waals surface area contributed by atoms with Gasteiger partial charge in [0.15, 0.2) is 0 Å². The maximum atomic E-state index is 6.14. The third kappa shape index (κ3) is 2.73. The molecular weight excluding hydrogens is 210 g/mol. The monoisotopic (exact) mass is 227 g/mol. The Balaban J connectivity index is 1.81. The molecule has 1 aliphatic carbocycles. The summed E-state index contributed by atoms with van der Waals surface area (Å²) >= 11 is 6.14. The summed E-state index contributed by atoms with van der Waals surface area (Å²) in [5.41, 5.74) is 2.00. The molecule has 84 valence electrons. The van der Waals surface area contributed by atoms with Crippen molar-refractivity contribution in [2.45, 2.75) is 32.7 Å². The lowest BCUT2D eigenvalue weighted by Gasteiger charge is -2.05. The molecule has 3 nitrogen and oxygen atoms in total. The molecule has 0 radical (unpaired) electrons. The highest BCUT2D eigenvalue weighted by atomic mass is 35.5. The fourth-order valence-electron chi connectivity index (χ4n) is 1.79. The number of nitrogens with one attached hydrogen (secondary N) is 1. The Bertz CT molecular complexity index is 342. The van der Waals surface area contributed by atoms with E-state index >= 15 is 0 Å². The molecule has 0 unspecified atom stereocenters. The minimum atomic E-state index is 0.802. The molecule has 1 aromatic rings. The second-order valence-corrected chi connectivity index (χ2v) is 4.76. The average molecular weight is 228 g/mol. The van der Waals surface area contributed by atoms with Crippen LogP contribution in [0.1, 0.15) is 30.7 Å². The van der Waals surface area contributed by atoms with Crippen LogP contribution < -0.4 is 5.32 Å². The van der Waals surface area contributed by atoms with Crippen molar-refractivity contribution < 1.29 is 0 Å². The van der Waals surface area contributed by atoms with Gasteiger partial charge in [-0.15, -0.1) is 0 Å². The van der Waals surface area contributed by atoms with Gasteiger partial charge in [0.2, 0.25) is 0 Å². The van der Waals surface area contributed by atoms with Gasteiger partial charge in [0.1, 0.15) is 0 Å². The van der Waals surface area contributed by atoms with E-state index in [1.54, 1.807) is 0 Å². The average Bonchev–Trinajstić information content (AvgIpc) is 2.96. The molecule has 1 fully saturated rings. The molecule has 2 rings (SSSR count). The van der Waals surface area contributed by atoms with Crippen LogP contribution in [-0.4, -0.2) is 16.3 Å². The lowest BCUT2D eigenvalue weighted by molar-refractivity contribution is 0.584. The van der Waals surface area contributed by atoms with Crippen LogP contribution in [0.25, 0.3) is 0 Å². The molecule has 1 N–H and O–H groups in total. The van der Waals surface area contributed by atoms with E-state index in [1.165, 1.54) is 19.3 Å². The van der Waals surface area contributed by atoms with Crippen molar-refractivity contribution in [3.05, 3.63) is 16.4 Å². The molecule has 0 atom stereocenters. The van der Waals surface area contributed by atoms with Crippen molar-refractivity contribution in [1.82, 2.24) is 15.1 Å². The quantitative estimate of drug-likeness (QED) is 0.783. The highest BCUT2D eigenvalue weighted by Gasteiger charge is 2.20. The summed E-state index contributed by atoms with van der Waals surface area (Å²) in [5.74, 6) is 0.987. The van der Waals surface area contributed by atoms with Gasteiger partial charge in [-0.2, -0.15) is 5.10 Å². The second kappa shape index (κ2) is 4.54. The lowest BCUT2D eigenvalue weighted by atomic mass is 10.3. The summed E-state index contributed by atoms with van der Waals surface area (Å²) in [7, 11) is 1.94. The van der Waals surface area contributed by atoms with Crippen molar-refractivity contribution in [3.8, 4) is 0 Å². The molecule has 15 heavy (non-hydrogen) atoms. The minimum Gasteiger partial charge on any atom is -0.311 e. The largest absolute Gasteiger partial charge is 0.311 e. The Labute approximate surface area is 95.8 Å². The molecule has 0 spiro atoms. The fraction of sp³-hybridized carbons (Fsp3) is 0.727. The number of aromatic nitrogens is 2. The third-order valence-electron chi connectivity index (χ3n) is 2.98. The zero-order valence-corrected chi connectivity index (χ0v) is 10.1. The molecule has 1 saturated carbocycles. The van der Waals surface area contributed by atoms with Crippen LogP contribution in [0.4, 0.5) is 0 Å². The van der Waals surface area contributed by atoms with Gasteiger partial charge in [-0.1, -0.05) is 24.4 Å². The van der Waals surface area contributed by atoms with Crippen molar-refractivity contribution in [2.75, 3.05) is 6.54 Å². The van der Waals surface area contributed by atoms with Crippen LogP contribution in [-0.2, 0) is 13.6 Å². The molecule has 0 aromatic carbocycles. The molecule has 1 heterocycles. The summed E-state index contributed by atoms with van der Waals surface area (Å²) in [5, 5.41) is 8.51. The number of rotatable bonds is 5. The lowest BCUT2D eigenvalue weighted by Crippen LogP contribution is -2.17.